The number of benzene rings is 2. The van der Waals surface area contributed by atoms with Gasteiger partial charge in [-0.1, -0.05) is 30.3 Å². The van der Waals surface area contributed by atoms with E-state index in [0.29, 0.717) is 11.1 Å². The normalized spacial score (nSPS) is 15.6. The summed E-state index contributed by atoms with van der Waals surface area (Å²) in [6.07, 6.45) is 0.135. The molecule has 1 aliphatic rings. The van der Waals surface area contributed by atoms with Crippen LogP contribution in [-0.2, 0) is 0 Å². The molecule has 1 amide bonds. The first kappa shape index (κ1) is 19.0. The zero-order valence-corrected chi connectivity index (χ0v) is 17.0. The lowest BCUT2D eigenvalue weighted by Crippen LogP contribution is -2.53. The van der Waals surface area contributed by atoms with Crippen LogP contribution in [0.5, 0.6) is 0 Å². The molecule has 1 unspecified atom stereocenters. The van der Waals surface area contributed by atoms with Gasteiger partial charge in [-0.2, -0.15) is 14.4 Å². The molecular formula is C22H20FN7O. The number of halogens is 1. The Morgan fingerprint density at radius 3 is 2.74 bits per heavy atom. The van der Waals surface area contributed by atoms with Crippen LogP contribution >= 0.6 is 0 Å². The summed E-state index contributed by atoms with van der Waals surface area (Å²) < 4.78 is 13.8. The molecule has 156 valence electrons. The Morgan fingerprint density at radius 1 is 1.10 bits per heavy atom. The number of nitrogens with zero attached hydrogens (tertiary/aromatic N) is 4. The van der Waals surface area contributed by atoms with Crippen LogP contribution in [0.2, 0.25) is 0 Å². The highest BCUT2D eigenvalue weighted by molar-refractivity contribution is 6.13. The molecule has 9 heteroatoms. The number of imidazole rings is 1. The van der Waals surface area contributed by atoms with Gasteiger partial charge in [0, 0.05) is 11.4 Å². The van der Waals surface area contributed by atoms with E-state index in [1.807, 2.05) is 56.3 Å². The van der Waals surface area contributed by atoms with Crippen LogP contribution in [0.1, 0.15) is 21.5 Å². The van der Waals surface area contributed by atoms with Gasteiger partial charge in [-0.15, -0.1) is 0 Å². The molecule has 1 atom stereocenters. The van der Waals surface area contributed by atoms with Gasteiger partial charge in [0.05, 0.1) is 18.4 Å². The minimum Gasteiger partial charge on any atom is -0.364 e. The monoisotopic (exact) mass is 417 g/mol. The number of fused-ring (bicyclic) bond motifs is 2. The Bertz CT molecular complexity index is 1300. The van der Waals surface area contributed by atoms with Gasteiger partial charge in [-0.3, -0.25) is 9.69 Å². The molecule has 0 saturated heterocycles. The molecule has 3 N–H and O–H groups in total. The first-order valence-corrected chi connectivity index (χ1v) is 9.89. The zero-order valence-electron chi connectivity index (χ0n) is 17.0. The average molecular weight is 417 g/mol. The summed E-state index contributed by atoms with van der Waals surface area (Å²) in [4.78, 5) is 29.8. The second-order valence-corrected chi connectivity index (χ2v) is 7.44. The number of hydrogen-bond acceptors (Lipinski definition) is 6. The molecule has 0 aliphatic carbocycles. The third-order valence-electron chi connectivity index (χ3n) is 5.44. The summed E-state index contributed by atoms with van der Waals surface area (Å²) in [5, 5.41) is 6.60. The maximum absolute atomic E-state index is 13.8. The molecule has 31 heavy (non-hydrogen) atoms. The maximum Gasteiger partial charge on any atom is 0.312 e. The minimum atomic E-state index is -0.869. The average Bonchev–Trinajstić information content (AvgIpc) is 3.21. The van der Waals surface area contributed by atoms with Crippen LogP contribution in [0, 0.1) is 19.9 Å². The van der Waals surface area contributed by atoms with E-state index in [9.17, 15) is 9.18 Å². The molecule has 2 aromatic carbocycles. The molecule has 3 heterocycles. The molecule has 4 aromatic rings. The summed E-state index contributed by atoms with van der Waals surface area (Å²) in [5.41, 5.74) is 4.83. The number of aryl methyl sites for hydroxylation is 2. The Labute approximate surface area is 177 Å². The summed E-state index contributed by atoms with van der Waals surface area (Å²) in [7, 11) is 0. The van der Waals surface area contributed by atoms with Crippen LogP contribution in [0.15, 0.2) is 48.8 Å². The molecule has 5 rings (SSSR count). The highest BCUT2D eigenvalue weighted by Gasteiger charge is 2.34. The summed E-state index contributed by atoms with van der Waals surface area (Å²) >= 11 is 0. The predicted molar refractivity (Wildman–Crippen MR) is 117 cm³/mol. The number of H-pyrrole nitrogens is 1. The molecule has 2 aromatic heterocycles. The van der Waals surface area contributed by atoms with E-state index in [2.05, 4.69) is 30.6 Å². The number of anilines is 3. The Balaban J connectivity index is 1.54. The highest BCUT2D eigenvalue weighted by atomic mass is 19.1. The fourth-order valence-electron chi connectivity index (χ4n) is 3.96. The van der Waals surface area contributed by atoms with Gasteiger partial charge in [0.15, 0.2) is 11.5 Å². The fraction of sp³-hybridized carbons (Fsp3) is 0.182. The molecule has 0 radical (unpaired) electrons. The fourth-order valence-corrected chi connectivity index (χ4v) is 3.96. The van der Waals surface area contributed by atoms with Gasteiger partial charge in [0.1, 0.15) is 11.7 Å². The lowest BCUT2D eigenvalue weighted by molar-refractivity contribution is 0.0975. The Kier molecular flexibility index (Phi) is 4.50. The second kappa shape index (κ2) is 7.35. The third-order valence-corrected chi connectivity index (χ3v) is 5.44. The maximum atomic E-state index is 13.8. The quantitative estimate of drug-likeness (QED) is 0.439. The Morgan fingerprint density at radius 2 is 1.90 bits per heavy atom. The van der Waals surface area contributed by atoms with Gasteiger partial charge in [0.25, 0.3) is 5.91 Å². The molecule has 8 nitrogen and oxygen atoms in total. The lowest BCUT2D eigenvalue weighted by Gasteiger charge is -2.39. The number of aromatic amines is 1. The van der Waals surface area contributed by atoms with Crippen molar-refractivity contribution in [2.24, 2.45) is 0 Å². The van der Waals surface area contributed by atoms with Crippen molar-refractivity contribution in [3.05, 3.63) is 71.6 Å². The first-order chi connectivity index (χ1) is 15.0. The zero-order chi connectivity index (χ0) is 21.5. The summed E-state index contributed by atoms with van der Waals surface area (Å²) in [6.45, 7) is 4.16. The second-order valence-electron chi connectivity index (χ2n) is 7.44. The molecule has 0 bridgehead atoms. The summed E-state index contributed by atoms with van der Waals surface area (Å²) in [6, 6.07) is 13.5. The smallest absolute Gasteiger partial charge is 0.312 e. The molecule has 1 aliphatic heterocycles. The first-order valence-electron chi connectivity index (χ1n) is 9.89. The van der Waals surface area contributed by atoms with Crippen molar-refractivity contribution in [3.63, 3.8) is 0 Å². The Hall–Kier alpha value is -4.01. The van der Waals surface area contributed by atoms with Gasteiger partial charge in [0.2, 0.25) is 0 Å². The number of rotatable bonds is 4. The van der Waals surface area contributed by atoms with E-state index < -0.39 is 12.2 Å². The SMILES string of the molecule is Cc1ccccc1N1C(=O)c2c(C)cccc2NC1CNc1nc(F)nc2nc[nH]c12. The van der Waals surface area contributed by atoms with Crippen molar-refractivity contribution in [2.45, 2.75) is 20.0 Å². The van der Waals surface area contributed by atoms with E-state index in [0.717, 1.165) is 22.5 Å². The number of nitrogens with one attached hydrogen (secondary N) is 3. The number of hydrogen-bond donors (Lipinski definition) is 3. The van der Waals surface area contributed by atoms with Crippen molar-refractivity contribution in [2.75, 3.05) is 22.1 Å². The van der Waals surface area contributed by atoms with E-state index >= 15 is 0 Å². The van der Waals surface area contributed by atoms with Gasteiger partial charge in [-0.25, -0.2) is 4.98 Å². The lowest BCUT2D eigenvalue weighted by atomic mass is 10.0. The standard InChI is InChI=1S/C22H20FN7O/c1-12-6-3-4-9-15(12)30-16(27-14-8-5-7-13(2)17(14)21(30)31)10-24-19-18-20(26-11-25-18)29-22(23)28-19/h3-9,11,16,27H,10H2,1-2H3,(H2,24,25,26,28,29). The third kappa shape index (κ3) is 3.24. The summed E-state index contributed by atoms with van der Waals surface area (Å²) in [5.74, 6) is 0.197. The highest BCUT2D eigenvalue weighted by Crippen LogP contribution is 2.33. The minimum absolute atomic E-state index is 0.0893. The number of carbonyl (C=O) groups excluding carboxylic acids is 1. The van der Waals surface area contributed by atoms with Crippen LogP contribution in [0.3, 0.4) is 0 Å². The number of aromatic nitrogens is 4. The molecule has 0 saturated carbocycles. The van der Waals surface area contributed by atoms with Crippen molar-refractivity contribution in [3.8, 4) is 0 Å². The van der Waals surface area contributed by atoms with Gasteiger partial charge < -0.3 is 15.6 Å². The molecule has 0 spiro atoms. The predicted octanol–water partition coefficient (Wildman–Crippen LogP) is 3.62. The van der Waals surface area contributed by atoms with Crippen LogP contribution in [0.25, 0.3) is 11.2 Å². The van der Waals surface area contributed by atoms with E-state index in [-0.39, 0.29) is 23.9 Å². The van der Waals surface area contributed by atoms with Gasteiger partial charge >= 0.3 is 6.08 Å². The number of amides is 1. The van der Waals surface area contributed by atoms with Crippen LogP contribution < -0.4 is 15.5 Å². The van der Waals surface area contributed by atoms with Crippen LogP contribution in [-0.4, -0.2) is 38.6 Å². The van der Waals surface area contributed by atoms with Crippen molar-refractivity contribution < 1.29 is 9.18 Å². The number of carbonyl (C=O) groups is 1. The van der Waals surface area contributed by atoms with Crippen molar-refractivity contribution >= 4 is 34.3 Å². The molecular weight excluding hydrogens is 397 g/mol. The van der Waals surface area contributed by atoms with E-state index in [4.69, 9.17) is 0 Å². The van der Waals surface area contributed by atoms with Crippen molar-refractivity contribution in [1.29, 1.82) is 0 Å². The number of para-hydroxylation sites is 1. The largest absolute Gasteiger partial charge is 0.364 e. The molecule has 0 fully saturated rings. The van der Waals surface area contributed by atoms with E-state index in [1.165, 1.54) is 6.33 Å². The van der Waals surface area contributed by atoms with Crippen molar-refractivity contribution in [1.82, 2.24) is 19.9 Å². The van der Waals surface area contributed by atoms with Gasteiger partial charge in [-0.05, 0) is 37.1 Å². The van der Waals surface area contributed by atoms with E-state index in [1.54, 1.807) is 4.90 Å². The van der Waals surface area contributed by atoms with Crippen LogP contribution in [0.4, 0.5) is 21.6 Å². The topological polar surface area (TPSA) is 98.8 Å².